The van der Waals surface area contributed by atoms with Gasteiger partial charge in [0.25, 0.3) is 0 Å². The van der Waals surface area contributed by atoms with Gasteiger partial charge in [-0.15, -0.1) is 11.3 Å². The maximum atomic E-state index is 12.7. The van der Waals surface area contributed by atoms with Gasteiger partial charge in [-0.3, -0.25) is 4.98 Å². The number of methoxy groups -OCH3 is 1. The third-order valence-corrected chi connectivity index (χ3v) is 4.88. The largest absolute Gasteiger partial charge is 0.488 e. The molecule has 0 amide bonds. The molecule has 2 aromatic heterocycles. The summed E-state index contributed by atoms with van der Waals surface area (Å²) in [5, 5.41) is 1.11. The van der Waals surface area contributed by atoms with Gasteiger partial charge in [-0.05, 0) is 30.3 Å². The number of benzene rings is 1. The number of rotatable bonds is 6. The van der Waals surface area contributed by atoms with Crippen LogP contribution in [0.5, 0.6) is 5.75 Å². The van der Waals surface area contributed by atoms with Gasteiger partial charge in [0.15, 0.2) is 0 Å². The summed E-state index contributed by atoms with van der Waals surface area (Å²) >= 11 is 7.26. The van der Waals surface area contributed by atoms with E-state index in [4.69, 9.17) is 21.1 Å². The van der Waals surface area contributed by atoms with Crippen molar-refractivity contribution < 1.29 is 22.6 Å². The molecule has 4 nitrogen and oxygen atoms in total. The van der Waals surface area contributed by atoms with E-state index in [2.05, 4.69) is 9.97 Å². The summed E-state index contributed by atoms with van der Waals surface area (Å²) in [6, 6.07) is 9.29. The van der Waals surface area contributed by atoms with Crippen molar-refractivity contribution in [3.05, 3.63) is 63.9 Å². The standard InChI is InChI=1S/C18H14ClF3N2O2S/c1-25-9-14-15(10-26-13-4-2-3-12(19)7-13)27-17(24-14)11-5-6-16(23-8-11)18(20,21)22/h2-8H,9-10H2,1H3. The summed E-state index contributed by atoms with van der Waals surface area (Å²) in [5.41, 5.74) is 0.225. The van der Waals surface area contributed by atoms with E-state index in [1.54, 1.807) is 31.4 Å². The second-order valence-electron chi connectivity index (χ2n) is 5.50. The molecule has 142 valence electrons. The Hall–Kier alpha value is -2.16. The average Bonchev–Trinajstić information content (AvgIpc) is 3.03. The molecule has 0 aliphatic heterocycles. The van der Waals surface area contributed by atoms with Gasteiger partial charge >= 0.3 is 6.18 Å². The number of hydrogen-bond donors (Lipinski definition) is 0. The summed E-state index contributed by atoms with van der Waals surface area (Å²) in [5.74, 6) is 0.608. The van der Waals surface area contributed by atoms with Gasteiger partial charge < -0.3 is 9.47 Å². The molecule has 2 heterocycles. The predicted molar refractivity (Wildman–Crippen MR) is 96.8 cm³/mol. The summed E-state index contributed by atoms with van der Waals surface area (Å²) in [7, 11) is 1.54. The van der Waals surface area contributed by atoms with Gasteiger partial charge in [-0.2, -0.15) is 13.2 Å². The Labute approximate surface area is 162 Å². The number of aromatic nitrogens is 2. The number of hydrogen-bond acceptors (Lipinski definition) is 5. The normalized spacial score (nSPS) is 11.6. The van der Waals surface area contributed by atoms with Crippen LogP contribution in [-0.2, 0) is 24.1 Å². The molecule has 0 unspecified atom stereocenters. The molecule has 0 N–H and O–H groups in total. The second kappa shape index (κ2) is 8.24. The molecule has 3 aromatic rings. The molecule has 0 aliphatic carbocycles. The molecule has 0 saturated heterocycles. The van der Waals surface area contributed by atoms with Gasteiger partial charge in [0, 0.05) is 23.9 Å². The molecule has 9 heteroatoms. The topological polar surface area (TPSA) is 44.2 Å². The Bertz CT molecular complexity index is 914. The van der Waals surface area contributed by atoms with Crippen LogP contribution in [0.15, 0.2) is 42.6 Å². The summed E-state index contributed by atoms with van der Waals surface area (Å²) in [6.45, 7) is 0.504. The van der Waals surface area contributed by atoms with E-state index in [0.717, 1.165) is 10.9 Å². The summed E-state index contributed by atoms with van der Waals surface area (Å²) < 4.78 is 48.9. The van der Waals surface area contributed by atoms with Crippen molar-refractivity contribution in [2.24, 2.45) is 0 Å². The number of pyridine rings is 1. The number of ether oxygens (including phenoxy) is 2. The Balaban J connectivity index is 1.82. The lowest BCUT2D eigenvalue weighted by Gasteiger charge is -2.06. The highest BCUT2D eigenvalue weighted by atomic mass is 35.5. The Kier molecular flexibility index (Phi) is 5.98. The lowest BCUT2D eigenvalue weighted by Crippen LogP contribution is -2.07. The lowest BCUT2D eigenvalue weighted by molar-refractivity contribution is -0.141. The number of thiazole rings is 1. The summed E-state index contributed by atoms with van der Waals surface area (Å²) in [6.07, 6.45) is -3.31. The molecule has 0 radical (unpaired) electrons. The SMILES string of the molecule is COCc1nc(-c2ccc(C(F)(F)F)nc2)sc1COc1cccc(Cl)c1. The minimum absolute atomic E-state index is 0.241. The number of alkyl halides is 3. The highest BCUT2D eigenvalue weighted by molar-refractivity contribution is 7.15. The molecule has 0 aliphatic rings. The molecular formula is C18H14ClF3N2O2S. The molecule has 0 saturated carbocycles. The zero-order valence-corrected chi connectivity index (χ0v) is 15.7. The van der Waals surface area contributed by atoms with Crippen LogP contribution in [0, 0.1) is 0 Å². The van der Waals surface area contributed by atoms with Crippen LogP contribution in [-0.4, -0.2) is 17.1 Å². The van der Waals surface area contributed by atoms with E-state index in [9.17, 15) is 13.2 Å². The lowest BCUT2D eigenvalue weighted by atomic mass is 10.2. The van der Waals surface area contributed by atoms with Gasteiger partial charge in [-0.25, -0.2) is 4.98 Å². The maximum absolute atomic E-state index is 12.7. The van der Waals surface area contributed by atoms with E-state index < -0.39 is 11.9 Å². The van der Waals surface area contributed by atoms with Crippen molar-refractivity contribution >= 4 is 22.9 Å². The minimum Gasteiger partial charge on any atom is -0.488 e. The molecule has 27 heavy (non-hydrogen) atoms. The van der Waals surface area contributed by atoms with Crippen molar-refractivity contribution in [3.63, 3.8) is 0 Å². The molecule has 0 spiro atoms. The minimum atomic E-state index is -4.47. The average molecular weight is 415 g/mol. The van der Waals surface area contributed by atoms with Crippen LogP contribution >= 0.6 is 22.9 Å². The maximum Gasteiger partial charge on any atom is 0.433 e. The van der Waals surface area contributed by atoms with E-state index in [1.807, 2.05) is 0 Å². The van der Waals surface area contributed by atoms with Crippen LogP contribution in [0.3, 0.4) is 0 Å². The van der Waals surface area contributed by atoms with Gasteiger partial charge in [0.05, 0.1) is 17.2 Å². The fourth-order valence-electron chi connectivity index (χ4n) is 2.26. The zero-order valence-electron chi connectivity index (χ0n) is 14.1. The Morgan fingerprint density at radius 1 is 1.15 bits per heavy atom. The second-order valence-corrected chi connectivity index (χ2v) is 7.02. The third-order valence-electron chi connectivity index (χ3n) is 3.53. The molecule has 0 atom stereocenters. The van der Waals surface area contributed by atoms with Crippen molar-refractivity contribution in [3.8, 4) is 16.3 Å². The Morgan fingerprint density at radius 2 is 1.96 bits per heavy atom. The first-order chi connectivity index (χ1) is 12.9. The molecular weight excluding hydrogens is 401 g/mol. The van der Waals surface area contributed by atoms with Gasteiger partial charge in [0.1, 0.15) is 23.1 Å². The van der Waals surface area contributed by atoms with E-state index in [1.165, 1.54) is 23.6 Å². The first-order valence-corrected chi connectivity index (χ1v) is 8.96. The first kappa shape index (κ1) is 19.6. The van der Waals surface area contributed by atoms with Crippen molar-refractivity contribution in [2.45, 2.75) is 19.4 Å². The number of halogens is 4. The van der Waals surface area contributed by atoms with Crippen molar-refractivity contribution in [1.29, 1.82) is 0 Å². The van der Waals surface area contributed by atoms with Crippen LogP contribution in [0.2, 0.25) is 5.02 Å². The predicted octanol–water partition coefficient (Wildman–Crippen LogP) is 5.60. The molecule has 0 fully saturated rings. The van der Waals surface area contributed by atoms with Crippen LogP contribution in [0.25, 0.3) is 10.6 Å². The monoisotopic (exact) mass is 414 g/mol. The highest BCUT2D eigenvalue weighted by Gasteiger charge is 2.32. The fraction of sp³-hybridized carbons (Fsp3) is 0.222. The molecule has 0 bridgehead atoms. The highest BCUT2D eigenvalue weighted by Crippen LogP contribution is 2.32. The van der Waals surface area contributed by atoms with E-state index in [-0.39, 0.29) is 13.2 Å². The smallest absolute Gasteiger partial charge is 0.433 e. The zero-order chi connectivity index (χ0) is 19.4. The van der Waals surface area contributed by atoms with Crippen molar-refractivity contribution in [2.75, 3.05) is 7.11 Å². The van der Waals surface area contributed by atoms with Crippen LogP contribution in [0.4, 0.5) is 13.2 Å². The third kappa shape index (κ3) is 4.97. The van der Waals surface area contributed by atoms with Gasteiger partial charge in [-0.1, -0.05) is 17.7 Å². The van der Waals surface area contributed by atoms with Crippen LogP contribution < -0.4 is 4.74 Å². The molecule has 1 aromatic carbocycles. The van der Waals surface area contributed by atoms with E-state index in [0.29, 0.717) is 27.0 Å². The number of nitrogens with zero attached hydrogens (tertiary/aromatic N) is 2. The van der Waals surface area contributed by atoms with Crippen LogP contribution in [0.1, 0.15) is 16.3 Å². The van der Waals surface area contributed by atoms with Crippen molar-refractivity contribution in [1.82, 2.24) is 9.97 Å². The first-order valence-electron chi connectivity index (χ1n) is 7.76. The van der Waals surface area contributed by atoms with E-state index >= 15 is 0 Å². The fourth-order valence-corrected chi connectivity index (χ4v) is 3.41. The molecule has 3 rings (SSSR count). The van der Waals surface area contributed by atoms with Gasteiger partial charge in [0.2, 0.25) is 0 Å². The summed E-state index contributed by atoms with van der Waals surface area (Å²) in [4.78, 5) is 8.75. The quantitative estimate of drug-likeness (QED) is 0.526. The Morgan fingerprint density at radius 3 is 2.59 bits per heavy atom.